The molecule has 1 aromatic carbocycles. The maximum Gasteiger partial charge on any atom is 0.360 e. The number of phenolic OH excluding ortho intramolecular Hbond substituents is 1. The highest BCUT2D eigenvalue weighted by Crippen LogP contribution is 2.36. The molecule has 3 heterocycles. The van der Waals surface area contributed by atoms with E-state index in [-0.39, 0.29) is 11.7 Å². The number of nitrogens with zero attached hydrogens (tertiary/aromatic N) is 2. The van der Waals surface area contributed by atoms with Crippen LogP contribution in [0.25, 0.3) is 11.0 Å². The van der Waals surface area contributed by atoms with Crippen molar-refractivity contribution in [2.24, 2.45) is 5.92 Å². The molecule has 2 aromatic rings. The van der Waals surface area contributed by atoms with Gasteiger partial charge in [-0.25, -0.2) is 4.79 Å². The first-order chi connectivity index (χ1) is 14.1. The summed E-state index contributed by atoms with van der Waals surface area (Å²) in [6, 6.07) is 5.27. The van der Waals surface area contributed by atoms with Gasteiger partial charge in [-0.2, -0.15) is 0 Å². The molecule has 1 saturated heterocycles. The standard InChI is InChI=1S/C23H28N2O4/c26-16-9-10-20-18(13-16)17-7-4-12-25(22(17)23(28)29-20)21(27)14-24-11-3-6-15-5-1-2-8-19(15)24/h9-10,13,15,19,26H,1-8,11-12,14H2/t15-,19+/m1/s1. The van der Waals surface area contributed by atoms with Gasteiger partial charge >= 0.3 is 5.63 Å². The number of carbonyl (C=O) groups is 1. The molecular weight excluding hydrogens is 368 g/mol. The Morgan fingerprint density at radius 3 is 2.83 bits per heavy atom. The predicted octanol–water partition coefficient (Wildman–Crippen LogP) is 3.43. The Balaban J connectivity index is 1.45. The average molecular weight is 396 g/mol. The summed E-state index contributed by atoms with van der Waals surface area (Å²) in [5.41, 5.74) is 1.19. The van der Waals surface area contributed by atoms with E-state index in [1.54, 1.807) is 17.0 Å². The number of piperidine rings is 1. The summed E-state index contributed by atoms with van der Waals surface area (Å²) in [7, 11) is 0. The fourth-order valence-corrected chi connectivity index (χ4v) is 5.73. The summed E-state index contributed by atoms with van der Waals surface area (Å²) in [5.74, 6) is 0.841. The van der Waals surface area contributed by atoms with Crippen molar-refractivity contribution in [3.8, 4) is 5.75 Å². The lowest BCUT2D eigenvalue weighted by atomic mass is 9.78. The van der Waals surface area contributed by atoms with Gasteiger partial charge in [0.25, 0.3) is 0 Å². The largest absolute Gasteiger partial charge is 0.508 e. The summed E-state index contributed by atoms with van der Waals surface area (Å²) in [5, 5.41) is 10.6. The van der Waals surface area contributed by atoms with Crippen LogP contribution in [0.4, 0.5) is 5.69 Å². The summed E-state index contributed by atoms with van der Waals surface area (Å²) >= 11 is 0. The number of hydrogen-bond acceptors (Lipinski definition) is 5. The van der Waals surface area contributed by atoms with Gasteiger partial charge in [-0.05, 0) is 74.8 Å². The van der Waals surface area contributed by atoms with E-state index >= 15 is 0 Å². The number of aromatic hydroxyl groups is 1. The molecule has 3 aliphatic rings. The summed E-state index contributed by atoms with van der Waals surface area (Å²) < 4.78 is 5.50. The normalized spacial score (nSPS) is 24.9. The number of phenols is 1. The minimum Gasteiger partial charge on any atom is -0.508 e. The fraction of sp³-hybridized carbons (Fsp3) is 0.565. The van der Waals surface area contributed by atoms with Crippen molar-refractivity contribution < 1.29 is 14.3 Å². The van der Waals surface area contributed by atoms with Crippen LogP contribution in [0, 0.1) is 5.92 Å². The number of anilines is 1. The molecule has 1 N–H and O–H groups in total. The lowest BCUT2D eigenvalue weighted by molar-refractivity contribution is -0.121. The average Bonchev–Trinajstić information content (AvgIpc) is 2.74. The third kappa shape index (κ3) is 3.33. The first kappa shape index (κ1) is 18.7. The zero-order valence-corrected chi connectivity index (χ0v) is 16.7. The molecule has 2 atom stereocenters. The van der Waals surface area contributed by atoms with Gasteiger partial charge in [0.1, 0.15) is 17.0 Å². The zero-order valence-electron chi connectivity index (χ0n) is 16.7. The number of likely N-dealkylation sites (tertiary alicyclic amines) is 1. The Kier molecular flexibility index (Phi) is 4.82. The van der Waals surface area contributed by atoms with E-state index in [9.17, 15) is 14.7 Å². The second kappa shape index (κ2) is 7.48. The zero-order chi connectivity index (χ0) is 20.0. The van der Waals surface area contributed by atoms with Gasteiger partial charge in [-0.1, -0.05) is 12.8 Å². The molecule has 154 valence electrons. The van der Waals surface area contributed by atoms with Crippen LogP contribution in [-0.4, -0.2) is 41.6 Å². The van der Waals surface area contributed by atoms with Crippen LogP contribution in [-0.2, 0) is 11.2 Å². The molecule has 6 nitrogen and oxygen atoms in total. The highest BCUT2D eigenvalue weighted by Gasteiger charge is 2.36. The topological polar surface area (TPSA) is 74.0 Å². The minimum absolute atomic E-state index is 0.0102. The summed E-state index contributed by atoms with van der Waals surface area (Å²) in [6.07, 6.45) is 8.96. The van der Waals surface area contributed by atoms with Gasteiger partial charge in [-0.3, -0.25) is 9.69 Å². The maximum atomic E-state index is 13.3. The van der Waals surface area contributed by atoms with Crippen molar-refractivity contribution in [2.75, 3.05) is 24.5 Å². The molecule has 0 unspecified atom stereocenters. The highest BCUT2D eigenvalue weighted by molar-refractivity contribution is 5.98. The number of aryl methyl sites for hydroxylation is 1. The molecular formula is C23H28N2O4. The van der Waals surface area contributed by atoms with Crippen molar-refractivity contribution in [1.29, 1.82) is 0 Å². The first-order valence-corrected chi connectivity index (χ1v) is 10.9. The molecule has 5 rings (SSSR count). The maximum absolute atomic E-state index is 13.3. The van der Waals surface area contributed by atoms with Crippen LogP contribution < -0.4 is 10.5 Å². The van der Waals surface area contributed by atoms with Crippen molar-refractivity contribution in [3.63, 3.8) is 0 Å². The molecule has 1 saturated carbocycles. The van der Waals surface area contributed by atoms with Gasteiger partial charge in [0, 0.05) is 18.0 Å². The van der Waals surface area contributed by atoms with E-state index in [1.165, 1.54) is 38.2 Å². The van der Waals surface area contributed by atoms with Crippen LogP contribution in [0.1, 0.15) is 50.5 Å². The van der Waals surface area contributed by atoms with Crippen molar-refractivity contribution in [2.45, 2.75) is 57.4 Å². The molecule has 1 aliphatic carbocycles. The Bertz CT molecular complexity index is 996. The van der Waals surface area contributed by atoms with Crippen molar-refractivity contribution in [3.05, 3.63) is 34.2 Å². The van der Waals surface area contributed by atoms with Crippen LogP contribution in [0.5, 0.6) is 5.75 Å². The molecule has 6 heteroatoms. The van der Waals surface area contributed by atoms with E-state index in [0.717, 1.165) is 36.3 Å². The van der Waals surface area contributed by atoms with E-state index in [1.807, 2.05) is 0 Å². The van der Waals surface area contributed by atoms with Gasteiger partial charge < -0.3 is 14.4 Å². The number of amides is 1. The Hall–Kier alpha value is -2.34. The molecule has 1 aromatic heterocycles. The molecule has 2 aliphatic heterocycles. The van der Waals surface area contributed by atoms with Gasteiger partial charge in [0.2, 0.25) is 5.91 Å². The van der Waals surface area contributed by atoms with Crippen LogP contribution in [0.3, 0.4) is 0 Å². The van der Waals surface area contributed by atoms with Crippen LogP contribution >= 0.6 is 0 Å². The second-order valence-electron chi connectivity index (χ2n) is 8.77. The minimum atomic E-state index is -0.458. The van der Waals surface area contributed by atoms with E-state index < -0.39 is 5.63 Å². The van der Waals surface area contributed by atoms with E-state index in [0.29, 0.717) is 36.8 Å². The Morgan fingerprint density at radius 2 is 1.93 bits per heavy atom. The van der Waals surface area contributed by atoms with Gasteiger partial charge in [-0.15, -0.1) is 0 Å². The molecule has 0 bridgehead atoms. The number of rotatable bonds is 2. The van der Waals surface area contributed by atoms with Crippen molar-refractivity contribution in [1.82, 2.24) is 4.90 Å². The highest BCUT2D eigenvalue weighted by atomic mass is 16.4. The first-order valence-electron chi connectivity index (χ1n) is 10.9. The molecule has 0 spiro atoms. The molecule has 29 heavy (non-hydrogen) atoms. The quantitative estimate of drug-likeness (QED) is 0.788. The third-order valence-electron chi connectivity index (χ3n) is 7.05. The molecule has 2 fully saturated rings. The second-order valence-corrected chi connectivity index (χ2v) is 8.77. The van der Waals surface area contributed by atoms with Crippen molar-refractivity contribution >= 4 is 22.6 Å². The predicted molar refractivity (Wildman–Crippen MR) is 111 cm³/mol. The Morgan fingerprint density at radius 1 is 1.10 bits per heavy atom. The molecule has 1 amide bonds. The van der Waals surface area contributed by atoms with Crippen LogP contribution in [0.15, 0.2) is 27.4 Å². The number of carbonyl (C=O) groups excluding carboxylic acids is 1. The van der Waals surface area contributed by atoms with Gasteiger partial charge in [0.05, 0.1) is 6.54 Å². The lowest BCUT2D eigenvalue weighted by Gasteiger charge is -2.44. The van der Waals surface area contributed by atoms with E-state index in [2.05, 4.69) is 4.90 Å². The van der Waals surface area contributed by atoms with E-state index in [4.69, 9.17) is 4.42 Å². The summed E-state index contributed by atoms with van der Waals surface area (Å²) in [4.78, 5) is 30.1. The SMILES string of the molecule is O=C(CN1CCC[C@H]2CCCC[C@@H]21)N1CCCc2c1c(=O)oc1ccc(O)cc21. The number of benzene rings is 1. The monoisotopic (exact) mass is 396 g/mol. The fourth-order valence-electron chi connectivity index (χ4n) is 5.73. The smallest absolute Gasteiger partial charge is 0.360 e. The third-order valence-corrected chi connectivity index (χ3v) is 7.05. The number of hydrogen-bond donors (Lipinski definition) is 1. The van der Waals surface area contributed by atoms with Gasteiger partial charge in [0.15, 0.2) is 0 Å². The summed E-state index contributed by atoms with van der Waals surface area (Å²) in [6.45, 7) is 1.88. The Labute approximate surface area is 170 Å². The lowest BCUT2D eigenvalue weighted by Crippen LogP contribution is -2.52. The number of fused-ring (bicyclic) bond motifs is 4. The van der Waals surface area contributed by atoms with Crippen LogP contribution in [0.2, 0.25) is 0 Å². The molecule has 0 radical (unpaired) electrons.